The van der Waals surface area contributed by atoms with Gasteiger partial charge < -0.3 is 47.4 Å². The molecule has 19 heteroatoms. The number of allylic oxidation sites excluding steroid dienone is 6. The van der Waals surface area contributed by atoms with E-state index in [4.69, 9.17) is 37.9 Å². The SMILES string of the molecule is C=C(C(C)C)[C@@H](CC(=O)OC)C(C)(C)C.C=C(C(C)C)[C@@H](CC(=O)OC)C(C)(C)OC.C=C(C(C)C)[C@@H](CC(=O)OC)C(C)C.C=C(C(C)C)[C@@H](CC(=O)OC)[C@@H](C)CC.C=C(C(C)C)[C@@H](CC(=O)OC)[C@H](C)CC.C=C(C(C)C)[C@@H](CC(=O)OC)[C@H](C)OC.C=C(C(C)C)[C@@H](CC(=O)OC)c1ccccc1.C=C(C(C)C)[C@H](CCSC)CC(=O)OC. The van der Waals surface area contributed by atoms with Crippen LogP contribution < -0.4 is 0 Å². The number of carbonyl (C=O) groups is 8. The van der Waals surface area contributed by atoms with Crippen molar-refractivity contribution in [1.29, 1.82) is 0 Å². The van der Waals surface area contributed by atoms with Crippen molar-refractivity contribution < 1.29 is 85.7 Å². The third kappa shape index (κ3) is 56.9. The summed E-state index contributed by atoms with van der Waals surface area (Å²) in [6, 6.07) is 9.99. The van der Waals surface area contributed by atoms with Crippen LogP contribution in [0.15, 0.2) is 128 Å². The van der Waals surface area contributed by atoms with E-state index in [-0.39, 0.29) is 107 Å². The zero-order valence-electron chi connectivity index (χ0n) is 84.8. The van der Waals surface area contributed by atoms with E-state index in [2.05, 4.69) is 241 Å². The van der Waals surface area contributed by atoms with E-state index in [9.17, 15) is 38.4 Å². The number of esters is 8. The standard InChI is InChI=1S/C15H20O2.C13H24O3.3C13H24O2.C12H22O3.C12H22O2S.C12H22O2/c1-11(2)12(3)14(10-15(16)17-4)13-8-6-5-7-9-13;1-9(2)10(3)11(8-12(14)15-6)13(4,5)16-7;1-9(2)10(3)11(13(4,5)6)8-12(14)15-7;2*1-7-10(4)12(8-13(14)15-6)11(5)9(2)3;1-8(2)9(3)11(10(4)14-5)7-12(13)15-6;1-9(2)10(3)11(6-7-15-5)8-12(13)14-4;1-8(2)10(5)11(9(3)4)7-12(13)14-6/h5-9,11,14H,3,10H2,1-2,4H3;9,11H,3,8H2,1-2,4-7H3;9,11H,3,8H2,1-2,4-7H3;2*9-10,12H,5,7-8H2,1-4,6H3;8,10-11H,3,7H2,1-2,4-6H3;9,11H,3,6-8H2,1-2,4-5H3;8-9,11H,5,7H2,1-4,6H3/t14-;2*11-;10-,12+;10-,12-;10-,11+;2*11-/m11110010/s1. The molecular weight excluding hydrogens is 1560 g/mol. The van der Waals surface area contributed by atoms with Gasteiger partial charge in [-0.25, -0.2) is 0 Å². The summed E-state index contributed by atoms with van der Waals surface area (Å²) in [6.07, 6.45) is 8.47. The Hall–Kier alpha value is -6.83. The van der Waals surface area contributed by atoms with E-state index in [1.54, 1.807) is 26.0 Å². The Bertz CT molecular complexity index is 3080. The molecule has 0 aliphatic rings. The highest BCUT2D eigenvalue weighted by Gasteiger charge is 2.36. The van der Waals surface area contributed by atoms with E-state index in [0.717, 1.165) is 75.2 Å². The van der Waals surface area contributed by atoms with E-state index in [1.165, 1.54) is 56.9 Å². The van der Waals surface area contributed by atoms with Gasteiger partial charge in [0.25, 0.3) is 0 Å². The zero-order chi connectivity index (χ0) is 97.2. The first-order valence-corrected chi connectivity index (χ1v) is 45.3. The summed E-state index contributed by atoms with van der Waals surface area (Å²) in [5.41, 5.74) is 9.66. The molecule has 0 saturated heterocycles. The molecule has 122 heavy (non-hydrogen) atoms. The van der Waals surface area contributed by atoms with E-state index < -0.39 is 5.60 Å². The van der Waals surface area contributed by atoms with E-state index in [0.29, 0.717) is 116 Å². The minimum Gasteiger partial charge on any atom is -0.469 e. The van der Waals surface area contributed by atoms with Crippen LogP contribution in [0.4, 0.5) is 0 Å². The minimum absolute atomic E-state index is 0.0148. The Morgan fingerprint density at radius 3 is 0.885 bits per heavy atom. The molecule has 0 radical (unpaired) electrons. The maximum absolute atomic E-state index is 11.5. The van der Waals surface area contributed by atoms with Gasteiger partial charge in [-0.1, -0.05) is 313 Å². The lowest BCUT2D eigenvalue weighted by Crippen LogP contribution is -2.37. The molecule has 0 N–H and O–H groups in total. The lowest BCUT2D eigenvalue weighted by atomic mass is 9.72. The van der Waals surface area contributed by atoms with Gasteiger partial charge in [-0.15, -0.1) is 0 Å². The number of ether oxygens (including phenoxy) is 10. The lowest BCUT2D eigenvalue weighted by molar-refractivity contribution is -0.144. The van der Waals surface area contributed by atoms with Crippen LogP contribution in [0.25, 0.3) is 0 Å². The van der Waals surface area contributed by atoms with Crippen molar-refractivity contribution in [2.45, 2.75) is 282 Å². The first kappa shape index (κ1) is 128. The molecule has 0 amide bonds. The first-order chi connectivity index (χ1) is 56.2. The number of hydrogen-bond donors (Lipinski definition) is 0. The molecule has 0 aliphatic heterocycles. The molecule has 0 heterocycles. The summed E-state index contributed by atoms with van der Waals surface area (Å²) >= 11 is 1.80. The van der Waals surface area contributed by atoms with Crippen molar-refractivity contribution in [1.82, 2.24) is 0 Å². The maximum atomic E-state index is 11.5. The third-order valence-corrected chi connectivity index (χ3v) is 23.9. The van der Waals surface area contributed by atoms with Crippen LogP contribution in [0, 0.1) is 112 Å². The minimum atomic E-state index is -0.407. The molecule has 1 aromatic rings. The van der Waals surface area contributed by atoms with Crippen LogP contribution in [-0.2, 0) is 85.7 Å². The molecule has 1 rings (SSSR count). The number of carbonyl (C=O) groups excluding carboxylic acids is 8. The normalized spacial score (nSPS) is 13.7. The summed E-state index contributed by atoms with van der Waals surface area (Å²) in [6.45, 7) is 91.4. The monoisotopic (exact) mass is 1740 g/mol. The summed E-state index contributed by atoms with van der Waals surface area (Å²) in [7, 11) is 14.7. The van der Waals surface area contributed by atoms with Gasteiger partial charge in [-0.3, -0.25) is 38.4 Å². The quantitative estimate of drug-likeness (QED) is 0.0336. The Balaban J connectivity index is -0.000000248. The molecule has 0 saturated carbocycles. The van der Waals surface area contributed by atoms with Gasteiger partial charge in [0.1, 0.15) is 0 Å². The van der Waals surface area contributed by atoms with Gasteiger partial charge in [-0.05, 0) is 145 Å². The largest absolute Gasteiger partial charge is 0.469 e. The second-order valence-corrected chi connectivity index (χ2v) is 37.2. The summed E-state index contributed by atoms with van der Waals surface area (Å²) in [4.78, 5) is 90.5. The van der Waals surface area contributed by atoms with Crippen molar-refractivity contribution in [2.24, 2.45) is 112 Å². The van der Waals surface area contributed by atoms with Gasteiger partial charge in [0.2, 0.25) is 0 Å². The van der Waals surface area contributed by atoms with Crippen molar-refractivity contribution in [3.8, 4) is 0 Å². The van der Waals surface area contributed by atoms with Gasteiger partial charge in [-0.2, -0.15) is 11.8 Å². The number of hydrogen-bond acceptors (Lipinski definition) is 19. The third-order valence-electron chi connectivity index (χ3n) is 23.3. The predicted molar refractivity (Wildman–Crippen MR) is 512 cm³/mol. The molecule has 11 atom stereocenters. The average molecular weight is 1740 g/mol. The predicted octanol–water partition coefficient (Wildman–Crippen LogP) is 25.2. The van der Waals surface area contributed by atoms with Crippen molar-refractivity contribution in [3.05, 3.63) is 133 Å². The Morgan fingerprint density at radius 1 is 0.336 bits per heavy atom. The molecule has 0 fully saturated rings. The van der Waals surface area contributed by atoms with Crippen molar-refractivity contribution in [2.75, 3.05) is 83.1 Å². The second-order valence-electron chi connectivity index (χ2n) is 36.2. The fourth-order valence-corrected chi connectivity index (χ4v) is 13.3. The van der Waals surface area contributed by atoms with Gasteiger partial charge in [0.05, 0.1) is 120 Å². The van der Waals surface area contributed by atoms with Crippen LogP contribution in [-0.4, -0.2) is 143 Å². The van der Waals surface area contributed by atoms with Gasteiger partial charge in [0.15, 0.2) is 0 Å². The first-order valence-electron chi connectivity index (χ1n) is 43.9. The van der Waals surface area contributed by atoms with E-state index in [1.807, 2.05) is 51.1 Å². The Morgan fingerprint density at radius 2 is 0.607 bits per heavy atom. The summed E-state index contributed by atoms with van der Waals surface area (Å²) in [5.74, 6) is 5.49. The van der Waals surface area contributed by atoms with Gasteiger partial charge >= 0.3 is 47.8 Å². The summed E-state index contributed by atoms with van der Waals surface area (Å²) in [5, 5.41) is 0. The maximum Gasteiger partial charge on any atom is 0.306 e. The Labute approximate surface area is 751 Å². The lowest BCUT2D eigenvalue weighted by Gasteiger charge is -2.35. The number of benzene rings is 1. The highest BCUT2D eigenvalue weighted by atomic mass is 32.2. The van der Waals surface area contributed by atoms with Crippen LogP contribution in [0.1, 0.15) is 276 Å². The molecule has 0 unspecified atom stereocenters. The number of thioether (sulfide) groups is 1. The highest BCUT2D eigenvalue weighted by molar-refractivity contribution is 7.98. The van der Waals surface area contributed by atoms with Crippen molar-refractivity contribution in [3.63, 3.8) is 0 Å². The smallest absolute Gasteiger partial charge is 0.306 e. The van der Waals surface area contributed by atoms with E-state index >= 15 is 0 Å². The molecule has 1 aromatic carbocycles. The fourth-order valence-electron chi connectivity index (χ4n) is 12.8. The molecule has 18 nitrogen and oxygen atoms in total. The molecule has 0 bridgehead atoms. The molecule has 708 valence electrons. The number of rotatable bonds is 45. The topological polar surface area (TPSA) is 229 Å². The second kappa shape index (κ2) is 70.4. The Kier molecular flexibility index (Phi) is 74.0. The average Bonchev–Trinajstić information content (AvgIpc) is 0.890. The summed E-state index contributed by atoms with van der Waals surface area (Å²) < 4.78 is 48.4. The van der Waals surface area contributed by atoms with Crippen LogP contribution >= 0.6 is 11.8 Å². The van der Waals surface area contributed by atoms with Crippen LogP contribution in [0.5, 0.6) is 0 Å². The molecule has 0 aliphatic carbocycles. The fraction of sp³-hybridized carbons (Fsp3) is 0.709. The highest BCUT2D eigenvalue weighted by Crippen LogP contribution is 2.39. The van der Waals surface area contributed by atoms with Crippen molar-refractivity contribution >= 4 is 59.5 Å². The van der Waals surface area contributed by atoms with Gasteiger partial charge in [0, 0.05) is 32.0 Å². The van der Waals surface area contributed by atoms with Crippen LogP contribution in [0.3, 0.4) is 0 Å². The molecular formula is C103H182O18S. The molecule has 0 aromatic heterocycles. The zero-order valence-corrected chi connectivity index (χ0v) is 85.6. The molecule has 0 spiro atoms. The van der Waals surface area contributed by atoms with Crippen LogP contribution in [0.2, 0.25) is 0 Å². The number of methoxy groups -OCH3 is 10.